The Morgan fingerprint density at radius 2 is 1.72 bits per heavy atom. The summed E-state index contributed by atoms with van der Waals surface area (Å²) in [5, 5.41) is 12.4. The molecule has 1 heterocycles. The van der Waals surface area contributed by atoms with E-state index in [0.717, 1.165) is 86.5 Å². The van der Waals surface area contributed by atoms with Gasteiger partial charge in [-0.3, -0.25) is 0 Å². The van der Waals surface area contributed by atoms with Gasteiger partial charge in [-0.05, 0) is 111 Å². The molecule has 0 saturated heterocycles. The standard InChI is InChI=1S/C40H50BO3.CH5N/c1-11-15-17-31-24-32(20-19-28(31)8)38-29(9)33(16-12-2)35-23-26(6)22-34(39(35)44-38)30(10)41-36(21-18-25(5)13-3)37(40(42)43)27(7)14-4;1-2/h16-24,30H,8,11-15H2,1-7,9-10H3,(H,42,43);2H2,1H3/b25-18+,31-17-,33-16-,36-21+,37-27+;. The van der Waals surface area contributed by atoms with E-state index in [-0.39, 0.29) is 5.82 Å². The molecule has 5 heteroatoms. The summed E-state index contributed by atoms with van der Waals surface area (Å²) < 4.78 is 6.91. The third-order valence-corrected chi connectivity index (χ3v) is 8.45. The molecule has 1 aliphatic heterocycles. The number of allylic oxidation sites excluding steroid dienone is 7. The van der Waals surface area contributed by atoms with E-state index in [4.69, 9.17) is 4.74 Å². The highest BCUT2D eigenvalue weighted by Crippen LogP contribution is 2.46. The summed E-state index contributed by atoms with van der Waals surface area (Å²) in [6, 6.07) is 10.8. The highest BCUT2D eigenvalue weighted by atomic mass is 16.5. The molecule has 3 rings (SSSR count). The summed E-state index contributed by atoms with van der Waals surface area (Å²) >= 11 is 0. The van der Waals surface area contributed by atoms with Crippen molar-refractivity contribution in [1.82, 2.24) is 0 Å². The molecule has 2 aromatic carbocycles. The number of carbonyl (C=O) groups is 1. The van der Waals surface area contributed by atoms with Crippen molar-refractivity contribution in [3.63, 3.8) is 0 Å². The van der Waals surface area contributed by atoms with E-state index in [9.17, 15) is 9.90 Å². The first kappa shape index (κ1) is 38.4. The number of ether oxygens (including phenoxy) is 1. The minimum Gasteiger partial charge on any atom is -0.478 e. The number of carboxylic acid groups (broad SMARTS) is 1. The molecule has 1 atom stereocenters. The second kappa shape index (κ2) is 18.4. The maximum Gasteiger partial charge on any atom is 0.335 e. The number of rotatable bonds is 12. The van der Waals surface area contributed by atoms with Crippen molar-refractivity contribution in [1.29, 1.82) is 0 Å². The Bertz CT molecular complexity index is 1670. The first-order valence-electron chi connectivity index (χ1n) is 16.7. The lowest BCUT2D eigenvalue weighted by molar-refractivity contribution is -0.132. The van der Waals surface area contributed by atoms with Crippen LogP contribution in [0.25, 0.3) is 24.0 Å². The predicted octanol–water partition coefficient (Wildman–Crippen LogP) is 8.99. The van der Waals surface area contributed by atoms with Gasteiger partial charge in [-0.1, -0.05) is 107 Å². The zero-order chi connectivity index (χ0) is 34.6. The quantitative estimate of drug-likeness (QED) is 0.141. The number of benzene rings is 2. The molecule has 1 unspecified atom stereocenters. The van der Waals surface area contributed by atoms with Gasteiger partial charge in [0.1, 0.15) is 11.5 Å². The second-order valence-electron chi connectivity index (χ2n) is 12.0. The fourth-order valence-electron chi connectivity index (χ4n) is 5.59. The zero-order valence-electron chi connectivity index (χ0n) is 29.9. The molecule has 1 radical (unpaired) electrons. The number of carboxylic acids is 1. The molecule has 46 heavy (non-hydrogen) atoms. The number of aliphatic carboxylic acids is 1. The molecule has 2 aromatic rings. The number of hydrogen-bond acceptors (Lipinski definition) is 3. The van der Waals surface area contributed by atoms with Crippen LogP contribution in [0.3, 0.4) is 0 Å². The Kier molecular flexibility index (Phi) is 15.3. The summed E-state index contributed by atoms with van der Waals surface area (Å²) in [7, 11) is 3.59. The highest BCUT2D eigenvalue weighted by Gasteiger charge is 2.29. The third-order valence-electron chi connectivity index (χ3n) is 8.45. The van der Waals surface area contributed by atoms with Gasteiger partial charge in [-0.2, -0.15) is 0 Å². The lowest BCUT2D eigenvalue weighted by atomic mass is 9.54. The number of unbranched alkanes of at least 4 members (excludes halogenated alkanes) is 1. The third kappa shape index (κ3) is 9.36. The minimum absolute atomic E-state index is 0.109. The van der Waals surface area contributed by atoms with Gasteiger partial charge in [0, 0.05) is 11.1 Å². The Balaban J connectivity index is 0.00000361. The molecule has 0 spiro atoms. The first-order valence-corrected chi connectivity index (χ1v) is 16.7. The summed E-state index contributed by atoms with van der Waals surface area (Å²) in [4.78, 5) is 12.5. The van der Waals surface area contributed by atoms with E-state index in [1.54, 1.807) is 0 Å². The average molecular weight is 621 g/mol. The molecular formula is C41H55BNO3. The van der Waals surface area contributed by atoms with Crippen LogP contribution in [-0.4, -0.2) is 25.4 Å². The van der Waals surface area contributed by atoms with Crippen molar-refractivity contribution in [2.45, 2.75) is 100 Å². The lowest BCUT2D eigenvalue weighted by Gasteiger charge is -2.29. The maximum atomic E-state index is 12.5. The molecule has 0 aliphatic carbocycles. The molecule has 245 valence electrons. The van der Waals surface area contributed by atoms with Crippen molar-refractivity contribution in [3.8, 4) is 5.75 Å². The lowest BCUT2D eigenvalue weighted by Crippen LogP contribution is -2.24. The van der Waals surface area contributed by atoms with Crippen LogP contribution >= 0.6 is 0 Å². The summed E-state index contributed by atoms with van der Waals surface area (Å²) in [5.41, 5.74) is 14.2. The smallest absolute Gasteiger partial charge is 0.335 e. The molecule has 0 bridgehead atoms. The van der Waals surface area contributed by atoms with Crippen molar-refractivity contribution in [2.75, 3.05) is 7.05 Å². The number of aryl methyl sites for hydroxylation is 1. The molecule has 0 amide bonds. The van der Waals surface area contributed by atoms with Crippen LogP contribution in [0.4, 0.5) is 0 Å². The van der Waals surface area contributed by atoms with E-state index in [2.05, 4.69) is 111 Å². The summed E-state index contributed by atoms with van der Waals surface area (Å²) in [6.07, 6.45) is 13.1. The molecule has 0 fully saturated rings. The topological polar surface area (TPSA) is 72.5 Å². The molecule has 3 N–H and O–H groups in total. The van der Waals surface area contributed by atoms with Crippen LogP contribution < -0.4 is 20.9 Å². The number of nitrogens with two attached hydrogens (primary N) is 1. The van der Waals surface area contributed by atoms with Crippen molar-refractivity contribution in [2.24, 2.45) is 5.73 Å². The van der Waals surface area contributed by atoms with Gasteiger partial charge in [0.15, 0.2) is 7.28 Å². The van der Waals surface area contributed by atoms with Gasteiger partial charge < -0.3 is 15.6 Å². The SMILES string of the molecule is C=c1ccc(C2=C(C)/C(=C/CC)c3cc(C)cc(C(C)[B]C(=C/C=C(\C)CC)/C(C(=O)O)=C(/C)CC)c3O2)c/c1=C/CCC.CN. The van der Waals surface area contributed by atoms with Crippen molar-refractivity contribution < 1.29 is 14.6 Å². The normalized spacial score (nSPS) is 15.9. The van der Waals surface area contributed by atoms with Gasteiger partial charge in [0.2, 0.25) is 0 Å². The van der Waals surface area contributed by atoms with Crippen LogP contribution in [0, 0.1) is 6.92 Å². The van der Waals surface area contributed by atoms with Crippen molar-refractivity contribution >= 4 is 37.2 Å². The summed E-state index contributed by atoms with van der Waals surface area (Å²) in [5.74, 6) is 0.682. The number of fused-ring (bicyclic) bond motifs is 1. The van der Waals surface area contributed by atoms with Crippen LogP contribution in [0.15, 0.2) is 76.3 Å². The van der Waals surface area contributed by atoms with E-state index >= 15 is 0 Å². The van der Waals surface area contributed by atoms with E-state index in [1.807, 2.05) is 26.0 Å². The number of hydrogen-bond donors (Lipinski definition) is 2. The van der Waals surface area contributed by atoms with Gasteiger partial charge in [-0.15, -0.1) is 0 Å². The summed E-state index contributed by atoms with van der Waals surface area (Å²) in [6.45, 7) is 23.1. The second-order valence-corrected chi connectivity index (χ2v) is 12.0. The Hall–Kier alpha value is -3.83. The first-order chi connectivity index (χ1) is 22.0. The average Bonchev–Trinajstić information content (AvgIpc) is 3.04. The Morgan fingerprint density at radius 1 is 1.02 bits per heavy atom. The van der Waals surface area contributed by atoms with Gasteiger partial charge in [0.25, 0.3) is 0 Å². The molecule has 1 aliphatic rings. The zero-order valence-corrected chi connectivity index (χ0v) is 29.9. The van der Waals surface area contributed by atoms with E-state index in [0.29, 0.717) is 12.0 Å². The molecular weight excluding hydrogens is 565 g/mol. The van der Waals surface area contributed by atoms with E-state index in [1.165, 1.54) is 18.2 Å². The largest absolute Gasteiger partial charge is 0.478 e. The van der Waals surface area contributed by atoms with Crippen LogP contribution in [0.2, 0.25) is 0 Å². The predicted molar refractivity (Wildman–Crippen MR) is 200 cm³/mol. The van der Waals surface area contributed by atoms with Gasteiger partial charge in [0.05, 0.1) is 5.57 Å². The molecule has 0 saturated carbocycles. The van der Waals surface area contributed by atoms with Gasteiger partial charge in [-0.25, -0.2) is 4.79 Å². The monoisotopic (exact) mass is 620 g/mol. The van der Waals surface area contributed by atoms with Crippen LogP contribution in [0.1, 0.15) is 116 Å². The fraction of sp³-hybridized carbons (Fsp3) is 0.390. The minimum atomic E-state index is -0.900. The Morgan fingerprint density at radius 3 is 2.30 bits per heavy atom. The van der Waals surface area contributed by atoms with E-state index < -0.39 is 5.97 Å². The Labute approximate surface area is 279 Å². The molecule has 0 aromatic heterocycles. The van der Waals surface area contributed by atoms with Crippen LogP contribution in [0.5, 0.6) is 5.75 Å². The highest BCUT2D eigenvalue weighted by molar-refractivity contribution is 6.50. The van der Waals surface area contributed by atoms with Crippen LogP contribution in [-0.2, 0) is 4.79 Å². The maximum absolute atomic E-state index is 12.5. The molecule has 4 nitrogen and oxygen atoms in total. The van der Waals surface area contributed by atoms with Crippen molar-refractivity contribution in [3.05, 3.63) is 109 Å². The fourth-order valence-corrected chi connectivity index (χ4v) is 5.59. The van der Waals surface area contributed by atoms with Gasteiger partial charge >= 0.3 is 5.97 Å².